The first-order valence-electron chi connectivity index (χ1n) is 5.22. The zero-order chi connectivity index (χ0) is 12.1. The first-order chi connectivity index (χ1) is 7.57. The molecule has 0 aliphatic carbocycles. The Morgan fingerprint density at radius 2 is 2.19 bits per heavy atom. The minimum atomic E-state index is -0.0240. The van der Waals surface area contributed by atoms with Crippen LogP contribution >= 0.6 is 15.9 Å². The van der Waals surface area contributed by atoms with Crippen LogP contribution in [0.4, 0.5) is 5.69 Å². The van der Waals surface area contributed by atoms with E-state index in [4.69, 9.17) is 10.5 Å². The van der Waals surface area contributed by atoms with E-state index >= 15 is 0 Å². The average molecular weight is 289 g/mol. The maximum absolute atomic E-state index is 11.8. The molecule has 0 saturated heterocycles. The van der Waals surface area contributed by atoms with Gasteiger partial charge in [-0.2, -0.15) is 0 Å². The molecule has 0 saturated carbocycles. The summed E-state index contributed by atoms with van der Waals surface area (Å²) in [5.74, 6) is 0. The number of pyridine rings is 1. The van der Waals surface area contributed by atoms with Crippen molar-refractivity contribution in [1.82, 2.24) is 4.57 Å². The molecule has 0 fully saturated rings. The molecule has 0 radical (unpaired) electrons. The summed E-state index contributed by atoms with van der Waals surface area (Å²) in [5.41, 5.74) is 7.22. The molecule has 0 aromatic carbocycles. The largest absolute Gasteiger partial charge is 0.397 e. The van der Waals surface area contributed by atoms with Gasteiger partial charge in [-0.3, -0.25) is 4.79 Å². The number of hydrogen-bond donors (Lipinski definition) is 1. The highest BCUT2D eigenvalue weighted by atomic mass is 79.9. The van der Waals surface area contributed by atoms with Crippen molar-refractivity contribution >= 4 is 21.6 Å². The van der Waals surface area contributed by atoms with E-state index < -0.39 is 0 Å². The molecular formula is C11H17BrN2O2. The van der Waals surface area contributed by atoms with Crippen molar-refractivity contribution in [2.75, 3.05) is 19.5 Å². The fraction of sp³-hybridized carbons (Fsp3) is 0.545. The van der Waals surface area contributed by atoms with E-state index in [1.54, 1.807) is 17.9 Å². The van der Waals surface area contributed by atoms with Gasteiger partial charge in [0.05, 0.1) is 10.2 Å². The molecule has 1 aromatic heterocycles. The molecule has 16 heavy (non-hydrogen) atoms. The lowest BCUT2D eigenvalue weighted by Gasteiger charge is -2.10. The number of unbranched alkanes of at least 4 members (excludes halogenated alkanes) is 1. The van der Waals surface area contributed by atoms with Crippen molar-refractivity contribution in [2.45, 2.75) is 26.3 Å². The molecule has 0 spiro atoms. The van der Waals surface area contributed by atoms with Crippen LogP contribution in [0.3, 0.4) is 0 Å². The lowest BCUT2D eigenvalue weighted by molar-refractivity contribution is 0.191. The lowest BCUT2D eigenvalue weighted by atomic mass is 10.2. The number of halogens is 1. The van der Waals surface area contributed by atoms with Crippen molar-refractivity contribution in [2.24, 2.45) is 0 Å². The fourth-order valence-electron chi connectivity index (χ4n) is 1.43. The Morgan fingerprint density at radius 3 is 2.81 bits per heavy atom. The number of aryl methyl sites for hydroxylation is 1. The van der Waals surface area contributed by atoms with Gasteiger partial charge >= 0.3 is 0 Å². The second kappa shape index (κ2) is 6.06. The Hall–Kier alpha value is -0.810. The van der Waals surface area contributed by atoms with Crippen LogP contribution in [0.5, 0.6) is 0 Å². The summed E-state index contributed by atoms with van der Waals surface area (Å²) >= 11 is 3.27. The number of aromatic nitrogens is 1. The predicted octanol–water partition coefficient (Wildman–Crippen LogP) is 1.93. The molecule has 0 amide bonds. The van der Waals surface area contributed by atoms with Crippen LogP contribution in [-0.2, 0) is 11.3 Å². The predicted molar refractivity (Wildman–Crippen MR) is 68.7 cm³/mol. The van der Waals surface area contributed by atoms with Crippen LogP contribution in [0, 0.1) is 6.92 Å². The average Bonchev–Trinajstić information content (AvgIpc) is 2.28. The minimum Gasteiger partial charge on any atom is -0.397 e. The maximum atomic E-state index is 11.8. The zero-order valence-corrected chi connectivity index (χ0v) is 11.2. The molecule has 0 bridgehead atoms. The Labute approximate surface area is 104 Å². The summed E-state index contributed by atoms with van der Waals surface area (Å²) in [6.45, 7) is 3.22. The first kappa shape index (κ1) is 13.3. The minimum absolute atomic E-state index is 0.0240. The third-order valence-electron chi connectivity index (χ3n) is 2.50. The van der Waals surface area contributed by atoms with E-state index in [2.05, 4.69) is 15.9 Å². The fourth-order valence-corrected chi connectivity index (χ4v) is 1.89. The number of hydrogen-bond acceptors (Lipinski definition) is 3. The highest BCUT2D eigenvalue weighted by Crippen LogP contribution is 2.17. The van der Waals surface area contributed by atoms with Crippen molar-refractivity contribution in [3.8, 4) is 0 Å². The molecule has 0 atom stereocenters. The van der Waals surface area contributed by atoms with E-state index in [9.17, 15) is 4.79 Å². The van der Waals surface area contributed by atoms with Gasteiger partial charge in [-0.1, -0.05) is 0 Å². The molecule has 0 aliphatic heterocycles. The second-order valence-electron chi connectivity index (χ2n) is 3.72. The van der Waals surface area contributed by atoms with Gasteiger partial charge in [0.2, 0.25) is 0 Å². The normalized spacial score (nSPS) is 10.7. The molecule has 90 valence electrons. The zero-order valence-electron chi connectivity index (χ0n) is 9.62. The Bertz CT molecular complexity index is 415. The van der Waals surface area contributed by atoms with Crippen LogP contribution in [0.2, 0.25) is 0 Å². The van der Waals surface area contributed by atoms with Crippen LogP contribution in [0.1, 0.15) is 18.4 Å². The topological polar surface area (TPSA) is 57.2 Å². The highest BCUT2D eigenvalue weighted by molar-refractivity contribution is 9.10. The van der Waals surface area contributed by atoms with Gasteiger partial charge in [0.15, 0.2) is 0 Å². The molecule has 1 aromatic rings. The van der Waals surface area contributed by atoms with Crippen LogP contribution in [0.15, 0.2) is 15.5 Å². The number of rotatable bonds is 5. The standard InChI is InChI=1S/C11H17BrN2O2/c1-8-9(13)7-14(11(15)10(8)12)5-3-4-6-16-2/h7H,3-6,13H2,1-2H3. The number of nitrogens with two attached hydrogens (primary N) is 1. The van der Waals surface area contributed by atoms with Crippen molar-refractivity contribution in [3.05, 3.63) is 26.6 Å². The Balaban J connectivity index is 2.78. The number of ether oxygens (including phenoxy) is 1. The monoisotopic (exact) mass is 288 g/mol. The summed E-state index contributed by atoms with van der Waals surface area (Å²) in [6.07, 6.45) is 3.55. The molecule has 1 rings (SSSR count). The summed E-state index contributed by atoms with van der Waals surface area (Å²) < 4.78 is 7.15. The third-order valence-corrected chi connectivity index (χ3v) is 3.44. The summed E-state index contributed by atoms with van der Waals surface area (Å²) in [6, 6.07) is 0. The second-order valence-corrected chi connectivity index (χ2v) is 4.51. The van der Waals surface area contributed by atoms with Crippen molar-refractivity contribution in [3.63, 3.8) is 0 Å². The van der Waals surface area contributed by atoms with Gasteiger partial charge in [0.25, 0.3) is 5.56 Å². The molecule has 5 heteroatoms. The number of nitrogen functional groups attached to an aromatic ring is 1. The molecule has 0 unspecified atom stereocenters. The van der Waals surface area contributed by atoms with Crippen molar-refractivity contribution < 1.29 is 4.74 Å². The first-order valence-corrected chi connectivity index (χ1v) is 6.01. The summed E-state index contributed by atoms with van der Waals surface area (Å²) in [5, 5.41) is 0. The lowest BCUT2D eigenvalue weighted by Crippen LogP contribution is -2.22. The number of nitrogens with zero attached hydrogens (tertiary/aromatic N) is 1. The van der Waals surface area contributed by atoms with Crippen LogP contribution in [-0.4, -0.2) is 18.3 Å². The quantitative estimate of drug-likeness (QED) is 0.843. The Morgan fingerprint density at radius 1 is 1.50 bits per heavy atom. The molecular weight excluding hydrogens is 272 g/mol. The van der Waals surface area contributed by atoms with Gasteiger partial charge < -0.3 is 15.0 Å². The van der Waals surface area contributed by atoms with Gasteiger partial charge in [-0.25, -0.2) is 0 Å². The SMILES string of the molecule is COCCCCn1cc(N)c(C)c(Br)c1=O. The molecule has 2 N–H and O–H groups in total. The number of anilines is 1. The molecule has 4 nitrogen and oxygen atoms in total. The van der Waals surface area contributed by atoms with Crippen molar-refractivity contribution in [1.29, 1.82) is 0 Å². The maximum Gasteiger partial charge on any atom is 0.265 e. The van der Waals surface area contributed by atoms with E-state index in [1.807, 2.05) is 6.92 Å². The Kier molecular flexibility index (Phi) is 5.02. The van der Waals surface area contributed by atoms with E-state index in [0.717, 1.165) is 25.0 Å². The van der Waals surface area contributed by atoms with Crippen LogP contribution in [0.25, 0.3) is 0 Å². The van der Waals surface area contributed by atoms with Crippen LogP contribution < -0.4 is 11.3 Å². The smallest absolute Gasteiger partial charge is 0.265 e. The van der Waals surface area contributed by atoms with Gasteiger partial charge in [0.1, 0.15) is 0 Å². The summed E-state index contributed by atoms with van der Waals surface area (Å²) in [7, 11) is 1.67. The number of methoxy groups -OCH3 is 1. The van der Waals surface area contributed by atoms with Gasteiger partial charge in [-0.15, -0.1) is 0 Å². The van der Waals surface area contributed by atoms with Gasteiger partial charge in [-0.05, 0) is 41.3 Å². The third kappa shape index (κ3) is 3.09. The van der Waals surface area contributed by atoms with E-state index in [1.165, 1.54) is 0 Å². The summed E-state index contributed by atoms with van der Waals surface area (Å²) in [4.78, 5) is 11.8. The molecule has 1 heterocycles. The van der Waals surface area contributed by atoms with Gasteiger partial charge in [0, 0.05) is 26.5 Å². The van der Waals surface area contributed by atoms with E-state index in [-0.39, 0.29) is 5.56 Å². The van der Waals surface area contributed by atoms with E-state index in [0.29, 0.717) is 16.7 Å². The molecule has 0 aliphatic rings. The highest BCUT2D eigenvalue weighted by Gasteiger charge is 2.07.